The molecule has 13 atom stereocenters. The second-order valence-electron chi connectivity index (χ2n) is 11.1. The van der Waals surface area contributed by atoms with Crippen molar-refractivity contribution >= 4 is 11.9 Å². The number of nitrogens with one attached hydrogen (secondary N) is 2. The normalized spacial score (nSPS) is 42.7. The monoisotopic (exact) mass is 574 g/mol. The Balaban J connectivity index is 1.33. The van der Waals surface area contributed by atoms with E-state index in [2.05, 4.69) is 22.8 Å². The van der Waals surface area contributed by atoms with E-state index < -0.39 is 79.8 Å². The van der Waals surface area contributed by atoms with E-state index in [1.807, 2.05) is 0 Å². The number of aliphatic carboxylic acids is 1. The molecule has 4 aliphatic rings. The number of unbranched alkanes of at least 4 members (excludes halogenated alkanes) is 1. The SMILES string of the molecule is CC(=O)N[C@H]1[C@H](OCCCCNCC2CC3C=CC2C3)O[C@H](CO)[C@@H](O)[C@@H]1O[C@@H]1O[C@H](C(=O)O)[C@@H](O)[C@H](O)[C@H]1O. The molecule has 2 aliphatic heterocycles. The fraction of sp³-hybridized carbons (Fsp3) is 0.846. The van der Waals surface area contributed by atoms with Gasteiger partial charge in [0.2, 0.25) is 5.91 Å². The lowest BCUT2D eigenvalue weighted by Gasteiger charge is -2.47. The van der Waals surface area contributed by atoms with Crippen LogP contribution in [0.15, 0.2) is 12.2 Å². The highest BCUT2D eigenvalue weighted by Crippen LogP contribution is 2.43. The van der Waals surface area contributed by atoms with Crippen molar-refractivity contribution in [2.45, 2.75) is 94.0 Å². The molecule has 1 amide bonds. The Labute approximate surface area is 232 Å². The molecule has 40 heavy (non-hydrogen) atoms. The van der Waals surface area contributed by atoms with Gasteiger partial charge in [0.15, 0.2) is 18.7 Å². The van der Waals surface area contributed by atoms with Crippen molar-refractivity contribution in [1.82, 2.24) is 10.6 Å². The number of carboxylic acids is 1. The number of carbonyl (C=O) groups is 2. The zero-order valence-corrected chi connectivity index (χ0v) is 22.4. The molecule has 0 aromatic carbocycles. The number of carbonyl (C=O) groups excluding carboxylic acids is 1. The third kappa shape index (κ3) is 7.18. The number of hydrogen-bond acceptors (Lipinski definition) is 12. The molecule has 2 aliphatic carbocycles. The number of amides is 1. The van der Waals surface area contributed by atoms with Gasteiger partial charge in [-0.3, -0.25) is 4.79 Å². The lowest BCUT2D eigenvalue weighted by molar-refractivity contribution is -0.340. The van der Waals surface area contributed by atoms with Crippen LogP contribution in [-0.2, 0) is 28.5 Å². The first-order valence-corrected chi connectivity index (χ1v) is 13.9. The zero-order valence-electron chi connectivity index (χ0n) is 22.4. The number of carboxylic acid groups (broad SMARTS) is 1. The molecule has 0 spiro atoms. The van der Waals surface area contributed by atoms with Gasteiger partial charge in [0, 0.05) is 13.5 Å². The van der Waals surface area contributed by atoms with E-state index in [1.54, 1.807) is 0 Å². The molecule has 2 saturated heterocycles. The summed E-state index contributed by atoms with van der Waals surface area (Å²) in [7, 11) is 0. The standard InChI is InChI=1S/C26H42N2O12/c1-12(30)28-17-22(39-26-21(34)19(32)20(33)23(40-26)24(35)36)18(31)16(11-29)38-25(17)37-7-3-2-6-27-10-15-9-13-4-5-14(15)8-13/h4-5,13-23,25-27,29,31-34H,2-3,6-11H2,1H3,(H,28,30)(H,35,36)/t13?,14?,15?,16-,17-,18-,19+,20+,21-,22-,23+,25-,26-/m1/s1. The van der Waals surface area contributed by atoms with Gasteiger partial charge in [0.25, 0.3) is 0 Å². The highest BCUT2D eigenvalue weighted by Gasteiger charge is 2.52. The minimum Gasteiger partial charge on any atom is -0.479 e. The molecular weight excluding hydrogens is 532 g/mol. The zero-order chi connectivity index (χ0) is 29.0. The van der Waals surface area contributed by atoms with Crippen LogP contribution < -0.4 is 10.6 Å². The lowest BCUT2D eigenvalue weighted by atomic mass is 9.93. The number of fused-ring (bicyclic) bond motifs is 2. The molecule has 14 heteroatoms. The van der Waals surface area contributed by atoms with E-state index in [1.165, 1.54) is 19.8 Å². The predicted molar refractivity (Wildman–Crippen MR) is 135 cm³/mol. The van der Waals surface area contributed by atoms with Gasteiger partial charge in [-0.15, -0.1) is 0 Å². The summed E-state index contributed by atoms with van der Waals surface area (Å²) in [5.41, 5.74) is 0. The van der Waals surface area contributed by atoms with Crippen molar-refractivity contribution < 1.29 is 59.2 Å². The Morgan fingerprint density at radius 1 is 0.975 bits per heavy atom. The Morgan fingerprint density at radius 3 is 2.38 bits per heavy atom. The van der Waals surface area contributed by atoms with Gasteiger partial charge in [-0.1, -0.05) is 12.2 Å². The van der Waals surface area contributed by atoms with Gasteiger partial charge < -0.3 is 60.2 Å². The van der Waals surface area contributed by atoms with Crippen molar-refractivity contribution in [2.75, 3.05) is 26.3 Å². The first kappa shape index (κ1) is 31.2. The summed E-state index contributed by atoms with van der Waals surface area (Å²) in [4.78, 5) is 23.5. The van der Waals surface area contributed by atoms with Crippen LogP contribution >= 0.6 is 0 Å². The molecule has 2 heterocycles. The molecule has 1 saturated carbocycles. The Kier molecular flexibility index (Phi) is 10.9. The minimum atomic E-state index is -1.93. The first-order valence-electron chi connectivity index (χ1n) is 13.9. The molecule has 14 nitrogen and oxygen atoms in total. The average Bonchev–Trinajstić information content (AvgIpc) is 3.54. The second kappa shape index (κ2) is 14.0. The highest BCUT2D eigenvalue weighted by molar-refractivity contribution is 5.73. The van der Waals surface area contributed by atoms with E-state index in [9.17, 15) is 40.2 Å². The molecule has 2 bridgehead atoms. The maximum atomic E-state index is 12.0. The summed E-state index contributed by atoms with van der Waals surface area (Å²) in [5.74, 6) is -0.0258. The maximum Gasteiger partial charge on any atom is 0.335 e. The van der Waals surface area contributed by atoms with Crippen molar-refractivity contribution in [3.8, 4) is 0 Å². The van der Waals surface area contributed by atoms with E-state index in [0.717, 1.165) is 25.4 Å². The average molecular weight is 575 g/mol. The molecule has 228 valence electrons. The van der Waals surface area contributed by atoms with Crippen LogP contribution in [0.25, 0.3) is 0 Å². The molecule has 3 unspecified atom stereocenters. The third-order valence-corrected chi connectivity index (χ3v) is 8.18. The number of aliphatic hydroxyl groups is 5. The molecular formula is C26H42N2O12. The van der Waals surface area contributed by atoms with Gasteiger partial charge in [-0.05, 0) is 56.5 Å². The maximum absolute atomic E-state index is 12.0. The summed E-state index contributed by atoms with van der Waals surface area (Å²) in [5, 5.41) is 66.5. The van der Waals surface area contributed by atoms with Gasteiger partial charge >= 0.3 is 5.97 Å². The smallest absolute Gasteiger partial charge is 0.335 e. The largest absolute Gasteiger partial charge is 0.479 e. The molecule has 4 rings (SSSR count). The molecule has 0 radical (unpaired) electrons. The summed E-state index contributed by atoms with van der Waals surface area (Å²) < 4.78 is 22.5. The van der Waals surface area contributed by atoms with E-state index in [0.29, 0.717) is 18.3 Å². The van der Waals surface area contributed by atoms with Crippen LogP contribution in [0.1, 0.15) is 32.6 Å². The van der Waals surface area contributed by atoms with E-state index in [-0.39, 0.29) is 6.61 Å². The quantitative estimate of drug-likeness (QED) is 0.0840. The van der Waals surface area contributed by atoms with E-state index in [4.69, 9.17) is 18.9 Å². The minimum absolute atomic E-state index is 0.231. The molecule has 3 fully saturated rings. The van der Waals surface area contributed by atoms with Gasteiger partial charge in [-0.2, -0.15) is 0 Å². The first-order chi connectivity index (χ1) is 19.1. The molecule has 8 N–H and O–H groups in total. The molecule has 0 aromatic rings. The summed E-state index contributed by atoms with van der Waals surface area (Å²) in [6.07, 6.45) is -6.18. The van der Waals surface area contributed by atoms with Crippen LogP contribution in [-0.4, -0.2) is 130 Å². The van der Waals surface area contributed by atoms with Gasteiger partial charge in [0.05, 0.1) is 6.61 Å². The van der Waals surface area contributed by atoms with Crippen LogP contribution in [0.5, 0.6) is 0 Å². The Hall–Kier alpha value is -1.72. The number of allylic oxidation sites excluding steroid dienone is 2. The fourth-order valence-corrected chi connectivity index (χ4v) is 6.05. The van der Waals surface area contributed by atoms with E-state index >= 15 is 0 Å². The van der Waals surface area contributed by atoms with Crippen molar-refractivity contribution in [3.63, 3.8) is 0 Å². The third-order valence-electron chi connectivity index (χ3n) is 8.18. The number of rotatable bonds is 13. The van der Waals surface area contributed by atoms with Crippen LogP contribution in [0, 0.1) is 17.8 Å². The fourth-order valence-electron chi connectivity index (χ4n) is 6.05. The summed E-state index contributed by atoms with van der Waals surface area (Å²) >= 11 is 0. The van der Waals surface area contributed by atoms with Crippen molar-refractivity contribution in [2.24, 2.45) is 17.8 Å². The molecule has 0 aromatic heterocycles. The highest BCUT2D eigenvalue weighted by atomic mass is 16.7. The number of hydrogen-bond donors (Lipinski definition) is 8. The number of aliphatic hydroxyl groups excluding tert-OH is 5. The summed E-state index contributed by atoms with van der Waals surface area (Å²) in [6.45, 7) is 2.60. The lowest BCUT2D eigenvalue weighted by Crippen LogP contribution is -2.68. The summed E-state index contributed by atoms with van der Waals surface area (Å²) in [6, 6.07) is -1.15. The van der Waals surface area contributed by atoms with Gasteiger partial charge in [0.1, 0.15) is 42.7 Å². The predicted octanol–water partition coefficient (Wildman–Crippen LogP) is -2.55. The number of ether oxygens (including phenoxy) is 4. The topological polar surface area (TPSA) is 216 Å². The van der Waals surface area contributed by atoms with Crippen LogP contribution in [0.2, 0.25) is 0 Å². The van der Waals surface area contributed by atoms with Crippen LogP contribution in [0.4, 0.5) is 0 Å². The Morgan fingerprint density at radius 2 is 1.75 bits per heavy atom. The van der Waals surface area contributed by atoms with Crippen molar-refractivity contribution in [3.05, 3.63) is 12.2 Å². The van der Waals surface area contributed by atoms with Gasteiger partial charge in [-0.25, -0.2) is 4.79 Å². The Bertz CT molecular complexity index is 892. The van der Waals surface area contributed by atoms with Crippen LogP contribution in [0.3, 0.4) is 0 Å². The van der Waals surface area contributed by atoms with Crippen molar-refractivity contribution in [1.29, 1.82) is 0 Å². The second-order valence-corrected chi connectivity index (χ2v) is 11.1.